The molecular weight excluding hydrogens is 383 g/mol. The first-order chi connectivity index (χ1) is 13.8. The second kappa shape index (κ2) is 8.22. The van der Waals surface area contributed by atoms with Crippen LogP contribution in [0.25, 0.3) is 0 Å². The predicted octanol–water partition coefficient (Wildman–Crippen LogP) is 3.80. The average molecular weight is 400 g/mol. The van der Waals surface area contributed by atoms with Crippen LogP contribution in [0, 0.1) is 0 Å². The molecule has 0 unspecified atom stereocenters. The quantitative estimate of drug-likeness (QED) is 0.723. The highest BCUT2D eigenvalue weighted by molar-refractivity contribution is 6.32. The predicted molar refractivity (Wildman–Crippen MR) is 103 cm³/mol. The summed E-state index contributed by atoms with van der Waals surface area (Å²) in [6.07, 6.45) is 8.27. The summed E-state index contributed by atoms with van der Waals surface area (Å²) in [6.45, 7) is 2.70. The van der Waals surface area contributed by atoms with Gasteiger partial charge in [-0.2, -0.15) is 23.3 Å². The number of likely N-dealkylation sites (N-methyl/N-ethyl adjacent to an activating group) is 1. The van der Waals surface area contributed by atoms with Crippen molar-refractivity contribution in [3.8, 4) is 5.75 Å². The van der Waals surface area contributed by atoms with Crippen LogP contribution in [-0.4, -0.2) is 29.2 Å². The Kier molecular flexibility index (Phi) is 5.72. The van der Waals surface area contributed by atoms with Gasteiger partial charge in [0.25, 0.3) is 5.91 Å². The number of carbonyl (C=O) groups is 1. The third-order valence-corrected chi connectivity index (χ3v) is 4.20. The van der Waals surface area contributed by atoms with Crippen molar-refractivity contribution in [3.05, 3.63) is 84.3 Å². The van der Waals surface area contributed by atoms with Gasteiger partial charge < -0.3 is 10.0 Å². The van der Waals surface area contributed by atoms with E-state index in [-0.39, 0.29) is 5.69 Å². The summed E-state index contributed by atoms with van der Waals surface area (Å²) in [7, 11) is 0. The zero-order chi connectivity index (χ0) is 21.0. The Balaban J connectivity index is 1.90. The number of amides is 1. The fourth-order valence-corrected chi connectivity index (χ4v) is 2.80. The zero-order valence-electron chi connectivity index (χ0n) is 15.4. The van der Waals surface area contributed by atoms with Gasteiger partial charge in [0.2, 0.25) is 0 Å². The van der Waals surface area contributed by atoms with E-state index in [1.165, 1.54) is 24.3 Å². The summed E-state index contributed by atoms with van der Waals surface area (Å²) in [6, 6.07) is 5.29. The van der Waals surface area contributed by atoms with E-state index in [9.17, 15) is 23.1 Å². The molecule has 1 aromatic rings. The maximum atomic E-state index is 13.4. The van der Waals surface area contributed by atoms with E-state index in [2.05, 4.69) is 5.10 Å². The number of alkyl halides is 3. The highest BCUT2D eigenvalue weighted by Gasteiger charge is 2.46. The Bertz CT molecular complexity index is 985. The summed E-state index contributed by atoms with van der Waals surface area (Å²) in [5, 5.41) is 15.8. The first-order valence-corrected chi connectivity index (χ1v) is 8.79. The zero-order valence-corrected chi connectivity index (χ0v) is 15.4. The maximum Gasteiger partial charge on any atom is 0.435 e. The van der Waals surface area contributed by atoms with Crippen molar-refractivity contribution in [2.24, 2.45) is 5.10 Å². The minimum Gasteiger partial charge on any atom is -0.871 e. The third-order valence-electron chi connectivity index (χ3n) is 4.20. The molecule has 0 radical (unpaired) electrons. The highest BCUT2D eigenvalue weighted by atomic mass is 19.4. The van der Waals surface area contributed by atoms with Gasteiger partial charge in [0.1, 0.15) is 0 Å². The van der Waals surface area contributed by atoms with Crippen LogP contribution in [0.2, 0.25) is 0 Å². The van der Waals surface area contributed by atoms with E-state index in [1.54, 1.807) is 12.2 Å². The number of hydrazone groups is 1. The minimum atomic E-state index is -4.84. The molecule has 5 nitrogen and oxygen atoms in total. The molecule has 0 fully saturated rings. The Labute approximate surface area is 165 Å². The van der Waals surface area contributed by atoms with E-state index in [4.69, 9.17) is 0 Å². The van der Waals surface area contributed by atoms with Crippen LogP contribution in [0.1, 0.15) is 6.92 Å². The molecule has 3 rings (SSSR count). The van der Waals surface area contributed by atoms with Crippen molar-refractivity contribution in [1.29, 1.82) is 0 Å². The van der Waals surface area contributed by atoms with Crippen LogP contribution >= 0.6 is 0 Å². The molecule has 0 spiro atoms. The molecule has 1 aromatic carbocycles. The molecule has 1 amide bonds. The molecule has 0 saturated heterocycles. The lowest BCUT2D eigenvalue weighted by Gasteiger charge is -2.21. The Morgan fingerprint density at radius 1 is 1.14 bits per heavy atom. The first-order valence-electron chi connectivity index (χ1n) is 8.79. The molecule has 0 bridgehead atoms. The van der Waals surface area contributed by atoms with Crippen LogP contribution < -0.4 is 10.1 Å². The number of hydrogen-bond acceptors (Lipinski definition) is 4. The van der Waals surface area contributed by atoms with Crippen molar-refractivity contribution in [3.63, 3.8) is 0 Å². The van der Waals surface area contributed by atoms with Crippen molar-refractivity contribution < 1.29 is 23.1 Å². The molecule has 8 heteroatoms. The number of allylic oxidation sites excluding steroid dienone is 7. The fourth-order valence-electron chi connectivity index (χ4n) is 2.80. The number of hydrogen-bond donors (Lipinski definition) is 0. The van der Waals surface area contributed by atoms with Gasteiger partial charge in [-0.3, -0.25) is 4.79 Å². The van der Waals surface area contributed by atoms with Gasteiger partial charge in [0.05, 0.1) is 11.3 Å². The van der Waals surface area contributed by atoms with Crippen molar-refractivity contribution in [1.82, 2.24) is 4.90 Å². The van der Waals surface area contributed by atoms with Crippen LogP contribution in [0.5, 0.6) is 5.75 Å². The van der Waals surface area contributed by atoms with Gasteiger partial charge >= 0.3 is 6.18 Å². The average Bonchev–Trinajstić information content (AvgIpc) is 3.02. The molecule has 150 valence electrons. The van der Waals surface area contributed by atoms with Crippen LogP contribution in [0.3, 0.4) is 0 Å². The lowest BCUT2D eigenvalue weighted by Crippen LogP contribution is -2.25. The van der Waals surface area contributed by atoms with Crippen LogP contribution in [0.4, 0.5) is 18.9 Å². The number of rotatable bonds is 4. The highest BCUT2D eigenvalue weighted by Crippen LogP contribution is 2.34. The molecule has 2 aliphatic rings. The van der Waals surface area contributed by atoms with Gasteiger partial charge in [-0.1, -0.05) is 42.2 Å². The summed E-state index contributed by atoms with van der Waals surface area (Å²) >= 11 is 0. The Morgan fingerprint density at radius 3 is 2.55 bits per heavy atom. The van der Waals surface area contributed by atoms with Gasteiger partial charge in [-0.05, 0) is 37.3 Å². The van der Waals surface area contributed by atoms with Crippen LogP contribution in [0.15, 0.2) is 89.4 Å². The summed E-state index contributed by atoms with van der Waals surface area (Å²) in [5.74, 6) is -1.60. The molecule has 2 aliphatic heterocycles. The normalized spacial score (nSPS) is 19.9. The lowest BCUT2D eigenvalue weighted by atomic mass is 10.1. The molecule has 0 atom stereocenters. The number of anilines is 1. The Hall–Kier alpha value is -3.55. The lowest BCUT2D eigenvalue weighted by molar-refractivity contribution is -0.267. The molecule has 0 N–H and O–H groups in total. The van der Waals surface area contributed by atoms with Crippen LogP contribution in [-0.2, 0) is 4.79 Å². The number of nitrogens with zero attached hydrogens (tertiary/aromatic N) is 3. The molecular formula is C21H17F3N3O2-. The maximum absolute atomic E-state index is 13.4. The largest absolute Gasteiger partial charge is 0.871 e. The van der Waals surface area contributed by atoms with E-state index >= 15 is 0 Å². The van der Waals surface area contributed by atoms with Crippen molar-refractivity contribution in [2.45, 2.75) is 13.1 Å². The van der Waals surface area contributed by atoms with E-state index in [0.29, 0.717) is 5.01 Å². The number of halogens is 3. The third kappa shape index (κ3) is 4.31. The second-order valence-electron chi connectivity index (χ2n) is 6.07. The molecule has 0 aromatic heterocycles. The van der Waals surface area contributed by atoms with Gasteiger partial charge in [0.15, 0.2) is 5.71 Å². The molecule has 0 saturated carbocycles. The smallest absolute Gasteiger partial charge is 0.435 e. The summed E-state index contributed by atoms with van der Waals surface area (Å²) in [4.78, 5) is 14.5. The Morgan fingerprint density at radius 2 is 1.86 bits per heavy atom. The topological polar surface area (TPSA) is 59.0 Å². The summed E-state index contributed by atoms with van der Waals surface area (Å²) in [5.41, 5.74) is -1.33. The minimum absolute atomic E-state index is 0.230. The number of carbonyl (C=O) groups excluding carboxylic acids is 1. The standard InChI is InChI=1S/C21H18F3N3O2/c1-2-26-14-8-7-10-15(26)9-3-4-11-16-19(21(22,23)24)25-27(20(16)29)17-12-5-6-13-18(17)28/h3-14,28H,2H2,1H3/p-1/b4-3+,15-9-,16-11+. The second-order valence-corrected chi connectivity index (χ2v) is 6.07. The first kappa shape index (κ1) is 20.2. The molecule has 29 heavy (non-hydrogen) atoms. The van der Waals surface area contributed by atoms with Gasteiger partial charge in [0, 0.05) is 18.4 Å². The van der Waals surface area contributed by atoms with E-state index in [0.717, 1.165) is 24.4 Å². The van der Waals surface area contributed by atoms with Crippen molar-refractivity contribution >= 4 is 17.3 Å². The van der Waals surface area contributed by atoms with Gasteiger partial charge in [-0.15, -0.1) is 0 Å². The van der Waals surface area contributed by atoms with Crippen molar-refractivity contribution in [2.75, 3.05) is 11.6 Å². The molecule has 2 heterocycles. The monoisotopic (exact) mass is 400 g/mol. The number of benzene rings is 1. The molecule has 0 aliphatic carbocycles. The van der Waals surface area contributed by atoms with E-state index in [1.807, 2.05) is 36.3 Å². The van der Waals surface area contributed by atoms with E-state index < -0.39 is 29.1 Å². The fraction of sp³-hybridized carbons (Fsp3) is 0.143. The summed E-state index contributed by atoms with van der Waals surface area (Å²) < 4.78 is 40.1. The SMILES string of the molecule is CCN1C=CC=C/C1=C/C=C/C=C1/C(=O)N(c2ccccc2[O-])N=C1C(F)(F)F. The number of para-hydroxylation sites is 2. The van der Waals surface area contributed by atoms with Gasteiger partial charge in [-0.25, -0.2) is 0 Å².